The number of aromatic nitrogens is 5. The van der Waals surface area contributed by atoms with Gasteiger partial charge in [-0.25, -0.2) is 19.3 Å². The van der Waals surface area contributed by atoms with Gasteiger partial charge in [0, 0.05) is 49.3 Å². The van der Waals surface area contributed by atoms with Crippen molar-refractivity contribution in [3.63, 3.8) is 0 Å². The topological polar surface area (TPSA) is 62.5 Å². The first-order valence-corrected chi connectivity index (χ1v) is 11.2. The maximum atomic E-state index is 14.0. The molecule has 0 saturated carbocycles. The predicted molar refractivity (Wildman–Crippen MR) is 124 cm³/mol. The number of aryl methyl sites for hydroxylation is 3. The van der Waals surface area contributed by atoms with E-state index in [-0.39, 0.29) is 16.8 Å². The predicted octanol–water partition coefficient (Wildman–Crippen LogP) is 4.60. The molecule has 0 unspecified atom stereocenters. The van der Waals surface area contributed by atoms with Crippen LogP contribution in [0.25, 0.3) is 16.8 Å². The van der Waals surface area contributed by atoms with Crippen molar-refractivity contribution >= 4 is 17.4 Å². The van der Waals surface area contributed by atoms with Crippen LogP contribution < -0.4 is 9.80 Å². The number of hydrogen-bond donors (Lipinski definition) is 0. The van der Waals surface area contributed by atoms with Crippen molar-refractivity contribution in [2.45, 2.75) is 26.9 Å². The summed E-state index contributed by atoms with van der Waals surface area (Å²) < 4.78 is 56.8. The highest BCUT2D eigenvalue weighted by Gasteiger charge is 2.39. The Bertz CT molecular complexity index is 1370. The summed E-state index contributed by atoms with van der Waals surface area (Å²) in [6.45, 7) is 7.86. The van der Waals surface area contributed by atoms with E-state index in [1.165, 1.54) is 16.6 Å². The summed E-state index contributed by atoms with van der Waals surface area (Å²) in [4.78, 5) is 17.5. The van der Waals surface area contributed by atoms with Gasteiger partial charge >= 0.3 is 6.18 Å². The maximum Gasteiger partial charge on any atom is 0.435 e. The highest BCUT2D eigenvalue weighted by molar-refractivity contribution is 5.81. The molecule has 0 N–H and O–H groups in total. The molecule has 5 rings (SSSR count). The molecule has 4 aromatic rings. The number of anilines is 2. The zero-order valence-corrected chi connectivity index (χ0v) is 19.4. The second-order valence-corrected chi connectivity index (χ2v) is 8.64. The van der Waals surface area contributed by atoms with Crippen LogP contribution in [0, 0.1) is 26.6 Å². The quantitative estimate of drug-likeness (QED) is 0.396. The Balaban J connectivity index is 1.55. The van der Waals surface area contributed by atoms with Crippen LogP contribution in [0.5, 0.6) is 0 Å². The zero-order valence-electron chi connectivity index (χ0n) is 19.4. The Morgan fingerprint density at radius 3 is 1.94 bits per heavy atom. The van der Waals surface area contributed by atoms with Crippen LogP contribution in [0.4, 0.5) is 29.3 Å². The fourth-order valence-corrected chi connectivity index (χ4v) is 4.41. The van der Waals surface area contributed by atoms with Crippen molar-refractivity contribution in [2.75, 3.05) is 36.0 Å². The highest BCUT2D eigenvalue weighted by atomic mass is 19.4. The summed E-state index contributed by atoms with van der Waals surface area (Å²) in [5.74, 6) is 0.636. The summed E-state index contributed by atoms with van der Waals surface area (Å²) in [5.41, 5.74) is 1.39. The van der Waals surface area contributed by atoms with E-state index < -0.39 is 17.7 Å². The average molecular weight is 485 g/mol. The third-order valence-corrected chi connectivity index (χ3v) is 5.96. The van der Waals surface area contributed by atoms with Gasteiger partial charge in [-0.3, -0.25) is 0 Å². The lowest BCUT2D eigenvalue weighted by molar-refractivity contribution is -0.140. The van der Waals surface area contributed by atoms with Crippen LogP contribution in [0.3, 0.4) is 0 Å². The van der Waals surface area contributed by atoms with Crippen LogP contribution in [0.1, 0.15) is 22.8 Å². The van der Waals surface area contributed by atoms with Gasteiger partial charge in [0.15, 0.2) is 11.3 Å². The number of nitrogens with zero attached hydrogens (tertiary/aromatic N) is 7. The molecule has 1 fully saturated rings. The first kappa shape index (κ1) is 23.0. The number of hydrogen-bond acceptors (Lipinski definition) is 6. The molecular formula is C24H23F4N7. The van der Waals surface area contributed by atoms with Crippen LogP contribution in [0.15, 0.2) is 36.4 Å². The molecule has 1 aliphatic rings. The van der Waals surface area contributed by atoms with E-state index in [0.717, 1.165) is 23.5 Å². The Morgan fingerprint density at radius 2 is 1.34 bits per heavy atom. The summed E-state index contributed by atoms with van der Waals surface area (Å²) >= 11 is 0. The van der Waals surface area contributed by atoms with E-state index in [9.17, 15) is 17.6 Å². The average Bonchev–Trinajstić information content (AvgIpc) is 3.18. The Labute approximate surface area is 199 Å². The van der Waals surface area contributed by atoms with E-state index in [2.05, 4.69) is 25.0 Å². The Kier molecular flexibility index (Phi) is 5.57. The minimum Gasteiger partial charge on any atom is -0.353 e. The van der Waals surface area contributed by atoms with Crippen molar-refractivity contribution in [1.82, 2.24) is 24.6 Å². The van der Waals surface area contributed by atoms with Crippen LogP contribution in [0.2, 0.25) is 0 Å². The standard InChI is InChI=1S/C24H23F4N7/c1-14-12-15(2)31-23(30-14)34-10-8-33(9-11-34)19-13-16(3)29-22-20(17-4-6-18(25)7-5-17)21(24(26,27)28)32-35(19)22/h4-7,12-13H,8-11H2,1-3H3. The molecule has 3 aromatic heterocycles. The van der Waals surface area contributed by atoms with Crippen LogP contribution in [-0.2, 0) is 6.18 Å². The summed E-state index contributed by atoms with van der Waals surface area (Å²) in [6.07, 6.45) is -4.71. The van der Waals surface area contributed by atoms with Crippen molar-refractivity contribution < 1.29 is 17.6 Å². The lowest BCUT2D eigenvalue weighted by Gasteiger charge is -2.36. The van der Waals surface area contributed by atoms with Gasteiger partial charge in [-0.1, -0.05) is 12.1 Å². The van der Waals surface area contributed by atoms with Crippen molar-refractivity contribution in [3.05, 3.63) is 65.0 Å². The van der Waals surface area contributed by atoms with Gasteiger partial charge in [-0.2, -0.15) is 22.8 Å². The molecule has 4 heterocycles. The van der Waals surface area contributed by atoms with E-state index in [0.29, 0.717) is 43.6 Å². The molecule has 11 heteroatoms. The Hall–Kier alpha value is -3.76. The monoisotopic (exact) mass is 485 g/mol. The van der Waals surface area contributed by atoms with Gasteiger partial charge in [-0.05, 0) is 44.5 Å². The van der Waals surface area contributed by atoms with E-state index in [1.807, 2.05) is 24.8 Å². The molecule has 0 bridgehead atoms. The van der Waals surface area contributed by atoms with Crippen molar-refractivity contribution in [3.8, 4) is 11.1 Å². The third-order valence-electron chi connectivity index (χ3n) is 5.96. The first-order valence-electron chi connectivity index (χ1n) is 11.2. The number of halogens is 4. The third kappa shape index (κ3) is 4.38. The lowest BCUT2D eigenvalue weighted by atomic mass is 10.1. The summed E-state index contributed by atoms with van der Waals surface area (Å²) in [7, 11) is 0. The van der Waals surface area contributed by atoms with Gasteiger partial charge in [-0.15, -0.1) is 0 Å². The summed E-state index contributed by atoms with van der Waals surface area (Å²) in [6, 6.07) is 8.53. The minimum absolute atomic E-state index is 0.0824. The molecule has 0 radical (unpaired) electrons. The fraction of sp³-hybridized carbons (Fsp3) is 0.333. The van der Waals surface area contributed by atoms with Crippen LogP contribution in [-0.4, -0.2) is 50.7 Å². The molecule has 1 aromatic carbocycles. The fourth-order valence-electron chi connectivity index (χ4n) is 4.41. The van der Waals surface area contributed by atoms with Gasteiger partial charge < -0.3 is 9.80 Å². The van der Waals surface area contributed by atoms with Gasteiger partial charge in [0.2, 0.25) is 5.95 Å². The van der Waals surface area contributed by atoms with E-state index in [1.54, 1.807) is 13.0 Å². The maximum absolute atomic E-state index is 14.0. The largest absolute Gasteiger partial charge is 0.435 e. The lowest BCUT2D eigenvalue weighted by Crippen LogP contribution is -2.47. The van der Waals surface area contributed by atoms with Crippen molar-refractivity contribution in [1.29, 1.82) is 0 Å². The second kappa shape index (κ2) is 8.47. The van der Waals surface area contributed by atoms with Gasteiger partial charge in [0.25, 0.3) is 0 Å². The number of piperazine rings is 1. The molecular weight excluding hydrogens is 462 g/mol. The van der Waals surface area contributed by atoms with E-state index >= 15 is 0 Å². The highest BCUT2D eigenvalue weighted by Crippen LogP contribution is 2.39. The van der Waals surface area contributed by atoms with Crippen molar-refractivity contribution in [2.24, 2.45) is 0 Å². The second-order valence-electron chi connectivity index (χ2n) is 8.64. The number of benzene rings is 1. The summed E-state index contributed by atoms with van der Waals surface area (Å²) in [5, 5.41) is 3.95. The molecule has 1 saturated heterocycles. The number of rotatable bonds is 3. The molecule has 0 atom stereocenters. The molecule has 1 aliphatic heterocycles. The van der Waals surface area contributed by atoms with Crippen LogP contribution >= 0.6 is 0 Å². The van der Waals surface area contributed by atoms with Gasteiger partial charge in [0.1, 0.15) is 11.6 Å². The molecule has 182 valence electrons. The SMILES string of the molecule is Cc1cc(C)nc(N2CCN(c3cc(C)nc4c(-c5ccc(F)cc5)c(C(F)(F)F)nn34)CC2)n1. The molecule has 0 spiro atoms. The number of fused-ring (bicyclic) bond motifs is 1. The minimum atomic E-state index is -4.71. The van der Waals surface area contributed by atoms with Gasteiger partial charge in [0.05, 0.1) is 5.56 Å². The van der Waals surface area contributed by atoms with E-state index in [4.69, 9.17) is 0 Å². The molecule has 7 nitrogen and oxygen atoms in total. The smallest absolute Gasteiger partial charge is 0.353 e. The first-order chi connectivity index (χ1) is 16.6. The molecule has 0 amide bonds. The molecule has 35 heavy (non-hydrogen) atoms. The number of alkyl halides is 3. The zero-order chi connectivity index (χ0) is 24.9. The Morgan fingerprint density at radius 1 is 0.771 bits per heavy atom. The normalized spacial score (nSPS) is 14.7. The molecule has 0 aliphatic carbocycles.